The zero-order valence-corrected chi connectivity index (χ0v) is 15.3. The maximum atomic E-state index is 12.4. The summed E-state index contributed by atoms with van der Waals surface area (Å²) in [4.78, 5) is 37.3. The van der Waals surface area contributed by atoms with Crippen molar-refractivity contribution in [3.05, 3.63) is 68.4 Å². The van der Waals surface area contributed by atoms with Crippen LogP contribution in [0.4, 0.5) is 5.69 Å². The molecule has 1 fully saturated rings. The lowest BCUT2D eigenvalue weighted by Crippen LogP contribution is -2.33. The number of likely N-dealkylation sites (tertiary alicyclic amines) is 1. The van der Waals surface area contributed by atoms with E-state index in [0.29, 0.717) is 12.1 Å². The Hall–Kier alpha value is -3.00. The molecule has 0 bridgehead atoms. The fraction of sp³-hybridized carbons (Fsp3) is 0.263. The summed E-state index contributed by atoms with van der Waals surface area (Å²) in [6, 6.07) is 9.81. The summed E-state index contributed by atoms with van der Waals surface area (Å²) in [5.74, 6) is -0.837. The first-order valence-corrected chi connectivity index (χ1v) is 9.35. The summed E-state index contributed by atoms with van der Waals surface area (Å²) in [6.45, 7) is 0.364. The van der Waals surface area contributed by atoms with Crippen molar-refractivity contribution in [2.75, 3.05) is 13.2 Å². The Morgan fingerprint density at radius 3 is 2.74 bits per heavy atom. The highest BCUT2D eigenvalue weighted by atomic mass is 32.1. The molecule has 1 aliphatic heterocycles. The third-order valence-electron chi connectivity index (χ3n) is 4.30. The van der Waals surface area contributed by atoms with E-state index in [1.165, 1.54) is 36.4 Å². The van der Waals surface area contributed by atoms with Gasteiger partial charge >= 0.3 is 5.97 Å². The second-order valence-electron chi connectivity index (χ2n) is 6.05. The molecule has 8 heteroatoms. The molecule has 1 saturated heterocycles. The molecule has 140 valence electrons. The Labute approximate surface area is 160 Å². The standard InChI is InChI=1S/C19H18N2O5S/c22-18(20-11-1-3-16(20)17-4-2-12-27-17)13-26-19(23)10-7-14-5-8-15(9-6-14)21(24)25/h2,4-10,12,16H,1,3,11,13H2/b10-7+. The number of nitrogens with zero attached hydrogens (tertiary/aromatic N) is 2. The van der Waals surface area contributed by atoms with E-state index in [1.54, 1.807) is 16.2 Å². The molecule has 0 radical (unpaired) electrons. The zero-order chi connectivity index (χ0) is 19.2. The van der Waals surface area contributed by atoms with Gasteiger partial charge in [0.1, 0.15) is 0 Å². The Morgan fingerprint density at radius 1 is 1.30 bits per heavy atom. The maximum Gasteiger partial charge on any atom is 0.331 e. The van der Waals surface area contributed by atoms with Crippen LogP contribution in [0.2, 0.25) is 0 Å². The van der Waals surface area contributed by atoms with Gasteiger partial charge in [-0.15, -0.1) is 11.3 Å². The quantitative estimate of drug-likeness (QED) is 0.328. The topological polar surface area (TPSA) is 89.7 Å². The molecule has 7 nitrogen and oxygen atoms in total. The molecule has 1 atom stereocenters. The highest BCUT2D eigenvalue weighted by Gasteiger charge is 2.30. The predicted octanol–water partition coefficient (Wildman–Crippen LogP) is 3.58. The van der Waals surface area contributed by atoms with Crippen molar-refractivity contribution in [2.45, 2.75) is 18.9 Å². The minimum absolute atomic E-state index is 0.0220. The zero-order valence-electron chi connectivity index (χ0n) is 14.4. The Balaban J connectivity index is 1.51. The number of amides is 1. The normalized spacial score (nSPS) is 16.6. The largest absolute Gasteiger partial charge is 0.452 e. The predicted molar refractivity (Wildman–Crippen MR) is 101 cm³/mol. The number of nitro benzene ring substituents is 1. The summed E-state index contributed by atoms with van der Waals surface area (Å²) in [5.41, 5.74) is 0.604. The SMILES string of the molecule is O=C(/C=C/c1ccc([N+](=O)[O-])cc1)OCC(=O)N1CCCC1c1cccs1. The number of carbonyl (C=O) groups excluding carboxylic acids is 2. The number of ether oxygens (including phenoxy) is 1. The summed E-state index contributed by atoms with van der Waals surface area (Å²) in [7, 11) is 0. The highest BCUT2D eigenvalue weighted by molar-refractivity contribution is 7.10. The van der Waals surface area contributed by atoms with Crippen molar-refractivity contribution in [1.29, 1.82) is 0 Å². The molecule has 1 aromatic carbocycles. The van der Waals surface area contributed by atoms with Crippen molar-refractivity contribution in [1.82, 2.24) is 4.90 Å². The summed E-state index contributed by atoms with van der Waals surface area (Å²) in [6.07, 6.45) is 4.54. The monoisotopic (exact) mass is 386 g/mol. The lowest BCUT2D eigenvalue weighted by Gasteiger charge is -2.23. The van der Waals surface area contributed by atoms with Gasteiger partial charge in [-0.2, -0.15) is 0 Å². The number of rotatable bonds is 6. The molecule has 0 saturated carbocycles. The number of nitro groups is 1. The maximum absolute atomic E-state index is 12.4. The van der Waals surface area contributed by atoms with Crippen molar-refractivity contribution in [2.24, 2.45) is 0 Å². The molecule has 2 heterocycles. The van der Waals surface area contributed by atoms with Crippen LogP contribution in [-0.4, -0.2) is 34.9 Å². The van der Waals surface area contributed by atoms with Gasteiger partial charge < -0.3 is 9.64 Å². The van der Waals surface area contributed by atoms with Gasteiger partial charge in [0.15, 0.2) is 6.61 Å². The van der Waals surface area contributed by atoms with Crippen LogP contribution < -0.4 is 0 Å². The highest BCUT2D eigenvalue weighted by Crippen LogP contribution is 2.34. The Morgan fingerprint density at radius 2 is 2.07 bits per heavy atom. The number of benzene rings is 1. The van der Waals surface area contributed by atoms with Crippen molar-refractivity contribution in [3.63, 3.8) is 0 Å². The molecule has 1 aromatic heterocycles. The second kappa shape index (κ2) is 8.59. The third kappa shape index (κ3) is 4.79. The van der Waals surface area contributed by atoms with E-state index in [0.717, 1.165) is 17.7 Å². The van der Waals surface area contributed by atoms with Gasteiger partial charge in [0, 0.05) is 29.6 Å². The third-order valence-corrected chi connectivity index (χ3v) is 5.27. The van der Waals surface area contributed by atoms with E-state index < -0.39 is 10.9 Å². The number of hydrogen-bond donors (Lipinski definition) is 0. The minimum Gasteiger partial charge on any atom is -0.452 e. The van der Waals surface area contributed by atoms with Crippen molar-refractivity contribution >= 4 is 35.0 Å². The second-order valence-corrected chi connectivity index (χ2v) is 7.03. The first-order chi connectivity index (χ1) is 13.0. The summed E-state index contributed by atoms with van der Waals surface area (Å²) < 4.78 is 5.04. The van der Waals surface area contributed by atoms with E-state index in [2.05, 4.69) is 0 Å². The first-order valence-electron chi connectivity index (χ1n) is 8.47. The van der Waals surface area contributed by atoms with Gasteiger partial charge in [-0.3, -0.25) is 14.9 Å². The van der Waals surface area contributed by atoms with E-state index >= 15 is 0 Å². The molecule has 1 amide bonds. The van der Waals surface area contributed by atoms with Crippen LogP contribution in [0, 0.1) is 10.1 Å². The van der Waals surface area contributed by atoms with Crippen molar-refractivity contribution in [3.8, 4) is 0 Å². The van der Waals surface area contributed by atoms with E-state index in [9.17, 15) is 19.7 Å². The van der Waals surface area contributed by atoms with Crippen LogP contribution in [-0.2, 0) is 14.3 Å². The first kappa shape index (κ1) is 18.8. The van der Waals surface area contributed by atoms with Gasteiger partial charge in [-0.1, -0.05) is 6.07 Å². The van der Waals surface area contributed by atoms with Crippen LogP contribution in [0.3, 0.4) is 0 Å². The molecule has 0 spiro atoms. The lowest BCUT2D eigenvalue weighted by atomic mass is 10.2. The fourth-order valence-electron chi connectivity index (χ4n) is 2.98. The molecule has 1 aliphatic rings. The number of esters is 1. The molecule has 2 aromatic rings. The van der Waals surface area contributed by atoms with Crippen LogP contribution in [0.25, 0.3) is 6.08 Å². The van der Waals surface area contributed by atoms with Crippen LogP contribution in [0.5, 0.6) is 0 Å². The van der Waals surface area contributed by atoms with E-state index in [4.69, 9.17) is 4.74 Å². The number of carbonyl (C=O) groups is 2. The number of thiophene rings is 1. The average molecular weight is 386 g/mol. The van der Waals surface area contributed by atoms with Gasteiger partial charge in [-0.25, -0.2) is 4.79 Å². The van der Waals surface area contributed by atoms with Crippen LogP contribution in [0.1, 0.15) is 29.3 Å². The van der Waals surface area contributed by atoms with E-state index in [-0.39, 0.29) is 24.2 Å². The Kier molecular flexibility index (Phi) is 5.97. The van der Waals surface area contributed by atoms with Gasteiger partial charge in [0.25, 0.3) is 11.6 Å². The van der Waals surface area contributed by atoms with Crippen LogP contribution in [0.15, 0.2) is 47.9 Å². The smallest absolute Gasteiger partial charge is 0.331 e. The molecule has 3 rings (SSSR count). The fourth-order valence-corrected chi connectivity index (χ4v) is 3.85. The average Bonchev–Trinajstić information content (AvgIpc) is 3.35. The molecule has 0 N–H and O–H groups in total. The van der Waals surface area contributed by atoms with Gasteiger partial charge in [-0.05, 0) is 48.1 Å². The lowest BCUT2D eigenvalue weighted by molar-refractivity contribution is -0.384. The summed E-state index contributed by atoms with van der Waals surface area (Å²) in [5, 5.41) is 12.6. The number of hydrogen-bond acceptors (Lipinski definition) is 6. The van der Waals surface area contributed by atoms with Gasteiger partial charge in [0.05, 0.1) is 11.0 Å². The van der Waals surface area contributed by atoms with Gasteiger partial charge in [0.2, 0.25) is 0 Å². The minimum atomic E-state index is -0.631. The molecular formula is C19H18N2O5S. The van der Waals surface area contributed by atoms with Crippen molar-refractivity contribution < 1.29 is 19.2 Å². The molecule has 27 heavy (non-hydrogen) atoms. The summed E-state index contributed by atoms with van der Waals surface area (Å²) >= 11 is 1.62. The Bertz CT molecular complexity index is 845. The molecule has 1 unspecified atom stereocenters. The number of non-ortho nitro benzene ring substituents is 1. The molecule has 0 aliphatic carbocycles. The van der Waals surface area contributed by atoms with E-state index in [1.807, 2.05) is 17.5 Å². The van der Waals surface area contributed by atoms with Crippen LogP contribution >= 0.6 is 11.3 Å². The molecular weight excluding hydrogens is 368 g/mol.